The number of hydrogen-bond acceptors (Lipinski definition) is 7. The summed E-state index contributed by atoms with van der Waals surface area (Å²) in [6.45, 7) is 13.1. The standard InChI is InChI=1S/C38H42N6O7S2/c1-7-43-32-18-16-28(52(46,47)48)23-30(32)37(3,4)34(43)20-9-25(11-22-36(45)40-26-12-14-27(15-13-26)41-42-39)10-21-35-38(5,6)31-24-29(53(49,50)51)17-19-33(31)44(35)8-2/h9-10,12-21,23-24H,7-8,11,22H2,1-6H3,(H2-,40,45,46,47,48,49,50,51)/p+1. The Labute approximate surface area is 310 Å². The van der Waals surface area contributed by atoms with Gasteiger partial charge in [0.05, 0.1) is 15.2 Å². The second-order valence-corrected chi connectivity index (χ2v) is 16.7. The first-order valence-corrected chi connectivity index (χ1v) is 19.9. The average Bonchev–Trinajstić information content (AvgIpc) is 3.45. The average molecular weight is 760 g/mol. The summed E-state index contributed by atoms with van der Waals surface area (Å²) in [7, 11) is -8.82. The molecule has 0 bridgehead atoms. The lowest BCUT2D eigenvalue weighted by atomic mass is 9.81. The molecule has 13 nitrogen and oxygen atoms in total. The zero-order chi connectivity index (χ0) is 38.9. The van der Waals surface area contributed by atoms with Gasteiger partial charge in [-0.3, -0.25) is 13.9 Å². The molecule has 0 radical (unpaired) electrons. The molecule has 0 saturated carbocycles. The van der Waals surface area contributed by atoms with Gasteiger partial charge in [-0.05, 0) is 99.3 Å². The molecule has 3 aromatic carbocycles. The van der Waals surface area contributed by atoms with Crippen molar-refractivity contribution >= 4 is 54.6 Å². The van der Waals surface area contributed by atoms with Gasteiger partial charge in [0.2, 0.25) is 11.6 Å². The summed E-state index contributed by atoms with van der Waals surface area (Å²) >= 11 is 0. The van der Waals surface area contributed by atoms with Crippen molar-refractivity contribution in [2.75, 3.05) is 23.3 Å². The summed E-state index contributed by atoms with van der Waals surface area (Å²) in [6.07, 6.45) is 8.29. The van der Waals surface area contributed by atoms with Crippen molar-refractivity contribution in [3.63, 3.8) is 0 Å². The molecule has 3 aromatic rings. The largest absolute Gasteiger partial charge is 0.344 e. The maximum atomic E-state index is 13.2. The number of carbonyl (C=O) groups excluding carboxylic acids is 1. The van der Waals surface area contributed by atoms with E-state index in [1.165, 1.54) is 24.3 Å². The van der Waals surface area contributed by atoms with Crippen molar-refractivity contribution in [1.82, 2.24) is 0 Å². The Bertz CT molecular complexity index is 2370. The van der Waals surface area contributed by atoms with Crippen LogP contribution >= 0.6 is 0 Å². The number of hydrogen-bond donors (Lipinski definition) is 3. The molecule has 2 aliphatic heterocycles. The molecule has 15 heteroatoms. The van der Waals surface area contributed by atoms with Crippen molar-refractivity contribution in [3.05, 3.63) is 118 Å². The van der Waals surface area contributed by atoms with E-state index >= 15 is 0 Å². The number of rotatable bonds is 12. The van der Waals surface area contributed by atoms with Gasteiger partial charge in [0.15, 0.2) is 5.71 Å². The van der Waals surface area contributed by atoms with Crippen LogP contribution in [0.2, 0.25) is 0 Å². The highest BCUT2D eigenvalue weighted by molar-refractivity contribution is 7.86. The first-order valence-electron chi connectivity index (χ1n) is 17.0. The molecule has 0 aromatic heterocycles. The number of fused-ring (bicyclic) bond motifs is 2. The number of nitrogens with one attached hydrogen (secondary N) is 1. The number of nitrogens with zero attached hydrogens (tertiary/aromatic N) is 5. The van der Waals surface area contributed by atoms with Crippen LogP contribution in [-0.2, 0) is 35.9 Å². The van der Waals surface area contributed by atoms with Gasteiger partial charge < -0.3 is 10.2 Å². The molecule has 278 valence electrons. The molecule has 0 saturated heterocycles. The summed E-state index contributed by atoms with van der Waals surface area (Å²) in [4.78, 5) is 17.7. The first-order chi connectivity index (χ1) is 24.8. The minimum absolute atomic E-state index is 0.129. The Morgan fingerprint density at radius 1 is 0.906 bits per heavy atom. The van der Waals surface area contributed by atoms with Crippen LogP contribution in [-0.4, -0.2) is 55.2 Å². The van der Waals surface area contributed by atoms with E-state index in [2.05, 4.69) is 24.8 Å². The highest BCUT2D eigenvalue weighted by Crippen LogP contribution is 2.48. The van der Waals surface area contributed by atoms with Crippen molar-refractivity contribution in [1.29, 1.82) is 0 Å². The minimum atomic E-state index is -4.41. The SMILES string of the molecule is CCN1/C(=C/C=C(/C=C/C2=[N+](CC)c3ccc(S(=O)(=O)O)cc3C2(C)C)CCC(=O)Nc2ccc(N=[N+]=[N-])cc2)C(C)(C)c2cc(S(=O)(=O)O)ccc21. The van der Waals surface area contributed by atoms with Crippen LogP contribution in [0.15, 0.2) is 111 Å². The number of azide groups is 1. The number of benzene rings is 3. The summed E-state index contributed by atoms with van der Waals surface area (Å²) in [5.41, 5.74) is 14.1. The van der Waals surface area contributed by atoms with Crippen molar-refractivity contribution in [3.8, 4) is 0 Å². The van der Waals surface area contributed by atoms with Crippen LogP contribution in [0.25, 0.3) is 10.4 Å². The predicted molar refractivity (Wildman–Crippen MR) is 205 cm³/mol. The fourth-order valence-corrected chi connectivity index (χ4v) is 8.06. The van der Waals surface area contributed by atoms with E-state index in [0.717, 1.165) is 39.5 Å². The Morgan fingerprint density at radius 2 is 1.53 bits per heavy atom. The molecule has 0 unspecified atom stereocenters. The lowest BCUT2D eigenvalue weighted by Crippen LogP contribution is -2.27. The van der Waals surface area contributed by atoms with Crippen molar-refractivity contribution < 1.29 is 35.3 Å². The van der Waals surface area contributed by atoms with E-state index in [-0.39, 0.29) is 22.1 Å². The van der Waals surface area contributed by atoms with Gasteiger partial charge >= 0.3 is 0 Å². The van der Waals surface area contributed by atoms with Gasteiger partial charge in [0.1, 0.15) is 6.54 Å². The molecule has 0 atom stereocenters. The zero-order valence-corrected chi connectivity index (χ0v) is 32.0. The topological polar surface area (TPSA) is 193 Å². The lowest BCUT2D eigenvalue weighted by molar-refractivity contribution is -0.433. The number of carbonyl (C=O) groups is 1. The van der Waals surface area contributed by atoms with E-state index in [1.54, 1.807) is 36.4 Å². The molecule has 0 fully saturated rings. The Balaban J connectivity index is 1.53. The molecule has 0 spiro atoms. The first kappa shape index (κ1) is 39.2. The third-order valence-electron chi connectivity index (χ3n) is 9.82. The third kappa shape index (κ3) is 7.99. The third-order valence-corrected chi connectivity index (χ3v) is 11.5. The predicted octanol–water partition coefficient (Wildman–Crippen LogP) is 8.12. The summed E-state index contributed by atoms with van der Waals surface area (Å²) in [5.74, 6) is -0.232. The number of allylic oxidation sites excluding steroid dienone is 6. The van der Waals surface area contributed by atoms with E-state index in [1.807, 2.05) is 65.8 Å². The summed E-state index contributed by atoms with van der Waals surface area (Å²) in [6, 6.07) is 15.7. The van der Waals surface area contributed by atoms with Crippen LogP contribution < -0.4 is 10.2 Å². The van der Waals surface area contributed by atoms with Gasteiger partial charge in [-0.15, -0.1) is 0 Å². The smallest absolute Gasteiger partial charge is 0.294 e. The quantitative estimate of drug-likeness (QED) is 0.0411. The van der Waals surface area contributed by atoms with E-state index in [4.69, 9.17) is 5.53 Å². The van der Waals surface area contributed by atoms with Gasteiger partial charge in [-0.25, -0.2) is 0 Å². The fraction of sp³-hybridized carbons (Fsp3) is 0.316. The summed E-state index contributed by atoms with van der Waals surface area (Å²) in [5, 5.41) is 6.43. The molecular formula is C38H43N6O7S2+. The van der Waals surface area contributed by atoms with Crippen LogP contribution in [0.1, 0.15) is 65.5 Å². The van der Waals surface area contributed by atoms with Crippen LogP contribution in [0.3, 0.4) is 0 Å². The van der Waals surface area contributed by atoms with Gasteiger partial charge in [0.25, 0.3) is 20.2 Å². The fourth-order valence-electron chi connectivity index (χ4n) is 7.05. The zero-order valence-electron chi connectivity index (χ0n) is 30.4. The molecular weight excluding hydrogens is 717 g/mol. The minimum Gasteiger partial charge on any atom is -0.344 e. The number of anilines is 2. The van der Waals surface area contributed by atoms with Crippen molar-refractivity contribution in [2.45, 2.75) is 75.0 Å². The van der Waals surface area contributed by atoms with E-state index < -0.39 is 31.1 Å². The molecule has 2 aliphatic rings. The van der Waals surface area contributed by atoms with Crippen LogP contribution in [0.4, 0.5) is 22.7 Å². The van der Waals surface area contributed by atoms with Gasteiger partial charge in [-0.1, -0.05) is 43.2 Å². The highest BCUT2D eigenvalue weighted by atomic mass is 32.2. The van der Waals surface area contributed by atoms with Crippen molar-refractivity contribution in [2.24, 2.45) is 5.11 Å². The molecule has 2 heterocycles. The Kier molecular flexibility index (Phi) is 10.9. The number of likely N-dealkylation sites (N-methyl/N-ethyl adjacent to an activating group) is 1. The second-order valence-electron chi connectivity index (χ2n) is 13.8. The van der Waals surface area contributed by atoms with E-state index in [9.17, 15) is 30.7 Å². The Morgan fingerprint density at radius 3 is 2.11 bits per heavy atom. The molecule has 5 rings (SSSR count). The normalized spacial score (nSPS) is 17.2. The molecule has 0 aliphatic carbocycles. The molecule has 53 heavy (non-hydrogen) atoms. The Hall–Kier alpha value is -5.05. The maximum absolute atomic E-state index is 13.2. The number of amides is 1. The molecule has 1 amide bonds. The van der Waals surface area contributed by atoms with Gasteiger partial charge in [0, 0.05) is 63.8 Å². The molecule has 3 N–H and O–H groups in total. The monoisotopic (exact) mass is 759 g/mol. The lowest BCUT2D eigenvalue weighted by Gasteiger charge is -2.26. The summed E-state index contributed by atoms with van der Waals surface area (Å²) < 4.78 is 69.6. The van der Waals surface area contributed by atoms with Gasteiger partial charge in [-0.2, -0.15) is 21.4 Å². The highest BCUT2D eigenvalue weighted by Gasteiger charge is 2.44. The van der Waals surface area contributed by atoms with Crippen LogP contribution in [0, 0.1) is 0 Å². The van der Waals surface area contributed by atoms with E-state index in [0.29, 0.717) is 30.9 Å². The maximum Gasteiger partial charge on any atom is 0.294 e. The second kappa shape index (κ2) is 14.8. The van der Waals surface area contributed by atoms with Crippen LogP contribution in [0.5, 0.6) is 0 Å².